The van der Waals surface area contributed by atoms with Crippen molar-refractivity contribution in [3.63, 3.8) is 0 Å². The van der Waals surface area contributed by atoms with Gasteiger partial charge in [0.15, 0.2) is 6.04 Å². The summed E-state index contributed by atoms with van der Waals surface area (Å²) in [5.74, 6) is -1.68. The van der Waals surface area contributed by atoms with Crippen molar-refractivity contribution in [1.82, 2.24) is 5.32 Å². The minimum atomic E-state index is -1.22. The number of anilines is 1. The van der Waals surface area contributed by atoms with Gasteiger partial charge in [0.2, 0.25) is 6.10 Å². The first kappa shape index (κ1) is 23.4. The van der Waals surface area contributed by atoms with E-state index >= 15 is 0 Å². The fraction of sp³-hybridized carbons (Fsp3) is 0.0690. The van der Waals surface area contributed by atoms with Crippen molar-refractivity contribution >= 4 is 23.5 Å². The van der Waals surface area contributed by atoms with Crippen molar-refractivity contribution in [3.8, 4) is 0 Å². The van der Waals surface area contributed by atoms with Crippen LogP contribution >= 0.6 is 0 Å². The van der Waals surface area contributed by atoms with E-state index in [1.54, 1.807) is 103 Å². The highest BCUT2D eigenvalue weighted by Crippen LogP contribution is 2.24. The van der Waals surface area contributed by atoms with E-state index in [0.29, 0.717) is 22.4 Å². The summed E-state index contributed by atoms with van der Waals surface area (Å²) in [6.45, 7) is 0. The zero-order valence-corrected chi connectivity index (χ0v) is 18.8. The van der Waals surface area contributed by atoms with Crippen LogP contribution in [0.2, 0.25) is 0 Å². The van der Waals surface area contributed by atoms with Crippen LogP contribution in [0.3, 0.4) is 0 Å². The molecule has 0 saturated carbocycles. The second-order valence-electron chi connectivity index (χ2n) is 7.77. The summed E-state index contributed by atoms with van der Waals surface area (Å²) in [7, 11) is 0. The van der Waals surface area contributed by atoms with Crippen LogP contribution in [0, 0.1) is 0 Å². The number of nitrogens with one attached hydrogen (secondary N) is 2. The number of hydrogen-bond donors (Lipinski definition) is 2. The predicted octanol–water partition coefficient (Wildman–Crippen LogP) is 5.08. The van der Waals surface area contributed by atoms with E-state index in [9.17, 15) is 14.4 Å². The first-order valence-corrected chi connectivity index (χ1v) is 11.1. The summed E-state index contributed by atoms with van der Waals surface area (Å²) in [6.07, 6.45) is -1.22. The quantitative estimate of drug-likeness (QED) is 0.356. The second kappa shape index (κ2) is 11.4. The highest BCUT2D eigenvalue weighted by atomic mass is 16.5. The Morgan fingerprint density at radius 2 is 1.09 bits per heavy atom. The number of para-hydroxylation sites is 1. The van der Waals surface area contributed by atoms with Gasteiger partial charge in [-0.05, 0) is 29.8 Å². The topological polar surface area (TPSA) is 84.5 Å². The maximum Gasteiger partial charge on any atom is 0.334 e. The van der Waals surface area contributed by atoms with Gasteiger partial charge >= 0.3 is 5.97 Å². The fourth-order valence-corrected chi connectivity index (χ4v) is 3.54. The van der Waals surface area contributed by atoms with Crippen LogP contribution < -0.4 is 10.6 Å². The van der Waals surface area contributed by atoms with Crippen LogP contribution in [-0.2, 0) is 14.3 Å². The van der Waals surface area contributed by atoms with Gasteiger partial charge in [0, 0.05) is 16.8 Å². The van der Waals surface area contributed by atoms with Crippen LogP contribution in [0.4, 0.5) is 5.69 Å². The van der Waals surface area contributed by atoms with Crippen LogP contribution in [0.5, 0.6) is 0 Å². The molecular formula is C29H24N2O4. The van der Waals surface area contributed by atoms with Crippen LogP contribution in [0.25, 0.3) is 0 Å². The fourth-order valence-electron chi connectivity index (χ4n) is 3.54. The number of rotatable bonds is 8. The molecule has 0 aromatic heterocycles. The highest BCUT2D eigenvalue weighted by Gasteiger charge is 2.31. The van der Waals surface area contributed by atoms with Crippen molar-refractivity contribution in [1.29, 1.82) is 0 Å². The summed E-state index contributed by atoms with van der Waals surface area (Å²) < 4.78 is 5.76. The second-order valence-corrected chi connectivity index (χ2v) is 7.77. The van der Waals surface area contributed by atoms with E-state index in [1.807, 2.05) is 18.2 Å². The summed E-state index contributed by atoms with van der Waals surface area (Å²) in [5.41, 5.74) is 2.03. The smallest absolute Gasteiger partial charge is 0.334 e. The third kappa shape index (κ3) is 6.21. The van der Waals surface area contributed by atoms with Gasteiger partial charge in [-0.1, -0.05) is 97.1 Å². The van der Waals surface area contributed by atoms with Gasteiger partial charge in [-0.15, -0.1) is 0 Å². The van der Waals surface area contributed by atoms with E-state index in [-0.39, 0.29) is 0 Å². The molecule has 0 spiro atoms. The highest BCUT2D eigenvalue weighted by molar-refractivity contribution is 5.99. The average molecular weight is 465 g/mol. The molecule has 0 bridgehead atoms. The van der Waals surface area contributed by atoms with Crippen LogP contribution in [-0.4, -0.2) is 17.8 Å². The first-order valence-electron chi connectivity index (χ1n) is 11.1. The lowest BCUT2D eigenvalue weighted by Crippen LogP contribution is -2.37. The molecule has 2 atom stereocenters. The average Bonchev–Trinajstić information content (AvgIpc) is 2.92. The van der Waals surface area contributed by atoms with E-state index in [2.05, 4.69) is 10.6 Å². The van der Waals surface area contributed by atoms with E-state index < -0.39 is 29.9 Å². The Morgan fingerprint density at radius 1 is 0.600 bits per heavy atom. The lowest BCUT2D eigenvalue weighted by molar-refractivity contribution is -0.156. The van der Waals surface area contributed by atoms with Gasteiger partial charge in [-0.25, -0.2) is 4.79 Å². The number of esters is 1. The standard InChI is InChI=1S/C29H24N2O4/c32-27(23-17-9-3-10-18-23)31-25(21-13-5-1-6-14-21)29(34)35-26(22-15-7-2-8-16-22)28(33)30-24-19-11-4-12-20-24/h1-20,25-26H,(H,30,33)(H,31,32)/t25-,26-/m1/s1. The number of carbonyl (C=O) groups excluding carboxylic acids is 3. The molecule has 0 fully saturated rings. The molecule has 0 aliphatic heterocycles. The molecule has 4 rings (SSSR count). The largest absolute Gasteiger partial charge is 0.445 e. The Bertz CT molecular complexity index is 1260. The zero-order valence-electron chi connectivity index (χ0n) is 18.8. The summed E-state index contributed by atoms with van der Waals surface area (Å²) >= 11 is 0. The number of ether oxygens (including phenoxy) is 1. The summed E-state index contributed by atoms with van der Waals surface area (Å²) in [4.78, 5) is 39.5. The van der Waals surface area contributed by atoms with Gasteiger partial charge < -0.3 is 15.4 Å². The SMILES string of the molecule is O=C(N[C@@H](C(=O)O[C@@H](C(=O)Nc1ccccc1)c1ccccc1)c1ccccc1)c1ccccc1. The molecule has 174 valence electrons. The van der Waals surface area contributed by atoms with Crippen molar-refractivity contribution < 1.29 is 19.1 Å². The van der Waals surface area contributed by atoms with E-state index in [0.717, 1.165) is 0 Å². The van der Waals surface area contributed by atoms with Crippen molar-refractivity contribution in [2.45, 2.75) is 12.1 Å². The van der Waals surface area contributed by atoms with E-state index in [1.165, 1.54) is 0 Å². The first-order chi connectivity index (χ1) is 17.1. The number of hydrogen-bond acceptors (Lipinski definition) is 4. The maximum atomic E-state index is 13.4. The van der Waals surface area contributed by atoms with Crippen LogP contribution in [0.1, 0.15) is 33.6 Å². The lowest BCUT2D eigenvalue weighted by Gasteiger charge is -2.23. The van der Waals surface area contributed by atoms with Crippen LogP contribution in [0.15, 0.2) is 121 Å². The molecule has 0 aliphatic carbocycles. The molecule has 0 saturated heterocycles. The Morgan fingerprint density at radius 3 is 1.66 bits per heavy atom. The van der Waals surface area contributed by atoms with Gasteiger partial charge in [0.1, 0.15) is 0 Å². The molecule has 4 aromatic rings. The molecular weight excluding hydrogens is 440 g/mol. The summed E-state index contributed by atoms with van der Waals surface area (Å²) in [5, 5.41) is 5.54. The third-order valence-electron chi connectivity index (χ3n) is 5.30. The van der Waals surface area contributed by atoms with Crippen molar-refractivity contribution in [2.24, 2.45) is 0 Å². The molecule has 4 aromatic carbocycles. The third-order valence-corrected chi connectivity index (χ3v) is 5.30. The minimum Gasteiger partial charge on any atom is -0.445 e. The molecule has 6 heteroatoms. The molecule has 0 heterocycles. The van der Waals surface area contributed by atoms with Gasteiger partial charge in [0.25, 0.3) is 11.8 Å². The molecule has 0 radical (unpaired) electrons. The van der Waals surface area contributed by atoms with Gasteiger partial charge in [-0.3, -0.25) is 9.59 Å². The Kier molecular flexibility index (Phi) is 7.66. The molecule has 0 aliphatic rings. The Balaban J connectivity index is 1.60. The van der Waals surface area contributed by atoms with E-state index in [4.69, 9.17) is 4.74 Å². The number of carbonyl (C=O) groups is 3. The van der Waals surface area contributed by atoms with Gasteiger partial charge in [-0.2, -0.15) is 0 Å². The maximum absolute atomic E-state index is 13.4. The van der Waals surface area contributed by atoms with Crippen molar-refractivity contribution in [3.05, 3.63) is 138 Å². The molecule has 2 N–H and O–H groups in total. The molecule has 35 heavy (non-hydrogen) atoms. The monoisotopic (exact) mass is 464 g/mol. The van der Waals surface area contributed by atoms with Gasteiger partial charge in [0.05, 0.1) is 0 Å². The number of amides is 2. The molecule has 6 nitrogen and oxygen atoms in total. The predicted molar refractivity (Wildman–Crippen MR) is 133 cm³/mol. The van der Waals surface area contributed by atoms with Crippen molar-refractivity contribution in [2.75, 3.05) is 5.32 Å². The minimum absolute atomic E-state index is 0.405. The Labute approximate surface area is 203 Å². The Hall–Kier alpha value is -4.71. The lowest BCUT2D eigenvalue weighted by atomic mass is 10.1. The molecule has 2 amide bonds. The normalized spacial score (nSPS) is 12.1. The molecule has 0 unspecified atom stereocenters. The zero-order chi connectivity index (χ0) is 24.5. The summed E-state index contributed by atoms with van der Waals surface area (Å²) in [6, 6.07) is 33.9. The number of benzene rings is 4.